The molecule has 0 aliphatic carbocycles. The van der Waals surface area contributed by atoms with Gasteiger partial charge >= 0.3 is 5.97 Å². The maximum absolute atomic E-state index is 12.1. The number of hydrogen-bond donors (Lipinski definition) is 0. The quantitative estimate of drug-likeness (QED) is 0.432. The number of carbonyl (C=O) groups is 2. The van der Waals surface area contributed by atoms with E-state index in [9.17, 15) is 9.59 Å². The van der Waals surface area contributed by atoms with Gasteiger partial charge in [-0.1, -0.05) is 18.2 Å². The molecule has 0 N–H and O–H groups in total. The smallest absolute Gasteiger partial charge is 0.338 e. The number of hydrogen-bond acceptors (Lipinski definition) is 8. The second-order valence-corrected chi connectivity index (χ2v) is 7.42. The highest BCUT2D eigenvalue weighted by Crippen LogP contribution is 2.40. The molecule has 1 saturated heterocycles. The van der Waals surface area contributed by atoms with E-state index in [-0.39, 0.29) is 24.5 Å². The summed E-state index contributed by atoms with van der Waals surface area (Å²) in [7, 11) is 4.42. The average molecular weight is 443 g/mol. The second kappa shape index (κ2) is 11.0. The predicted octanol–water partition coefficient (Wildman–Crippen LogP) is 2.97. The van der Waals surface area contributed by atoms with E-state index < -0.39 is 0 Å². The first kappa shape index (κ1) is 23.6. The van der Waals surface area contributed by atoms with Crippen LogP contribution in [-0.4, -0.2) is 70.4 Å². The molecule has 0 aromatic heterocycles. The Morgan fingerprint density at radius 1 is 1.03 bits per heavy atom. The molecule has 32 heavy (non-hydrogen) atoms. The molecule has 3 rings (SSSR count). The Hall–Kier alpha value is -3.10. The van der Waals surface area contributed by atoms with E-state index in [1.54, 1.807) is 18.2 Å². The van der Waals surface area contributed by atoms with Gasteiger partial charge in [-0.25, -0.2) is 4.79 Å². The van der Waals surface area contributed by atoms with Gasteiger partial charge in [-0.3, -0.25) is 9.69 Å². The van der Waals surface area contributed by atoms with Crippen molar-refractivity contribution in [2.45, 2.75) is 19.6 Å². The maximum atomic E-state index is 12.1. The molecule has 0 bridgehead atoms. The minimum atomic E-state index is -0.351. The van der Waals surface area contributed by atoms with E-state index >= 15 is 0 Å². The summed E-state index contributed by atoms with van der Waals surface area (Å²) in [6, 6.07) is 10.8. The van der Waals surface area contributed by atoms with Crippen LogP contribution in [0, 0.1) is 0 Å². The molecular weight excluding hydrogens is 414 g/mol. The Labute approximate surface area is 188 Å². The highest BCUT2D eigenvalue weighted by Gasteiger charge is 2.25. The predicted molar refractivity (Wildman–Crippen MR) is 118 cm³/mol. The van der Waals surface area contributed by atoms with Crippen molar-refractivity contribution in [3.63, 3.8) is 0 Å². The number of ketones is 1. The largest absolute Gasteiger partial charge is 0.493 e. The Morgan fingerprint density at radius 3 is 2.50 bits per heavy atom. The minimum Gasteiger partial charge on any atom is -0.493 e. The van der Waals surface area contributed by atoms with Crippen LogP contribution in [0.2, 0.25) is 0 Å². The van der Waals surface area contributed by atoms with Crippen LogP contribution in [0.15, 0.2) is 36.4 Å². The zero-order valence-corrected chi connectivity index (χ0v) is 18.9. The van der Waals surface area contributed by atoms with Crippen LogP contribution < -0.4 is 14.2 Å². The van der Waals surface area contributed by atoms with Crippen LogP contribution in [0.25, 0.3) is 0 Å². The van der Waals surface area contributed by atoms with Gasteiger partial charge in [0.1, 0.15) is 12.7 Å². The summed E-state index contributed by atoms with van der Waals surface area (Å²) in [5.74, 6) is 0.719. The highest BCUT2D eigenvalue weighted by atomic mass is 16.6. The Morgan fingerprint density at radius 2 is 1.81 bits per heavy atom. The molecular formula is C24H29NO7. The summed E-state index contributed by atoms with van der Waals surface area (Å²) in [5.41, 5.74) is 1.87. The summed E-state index contributed by atoms with van der Waals surface area (Å²) in [6.07, 6.45) is -0.218. The van der Waals surface area contributed by atoms with E-state index in [4.69, 9.17) is 23.7 Å². The van der Waals surface area contributed by atoms with Crippen molar-refractivity contribution in [2.24, 2.45) is 0 Å². The molecule has 0 radical (unpaired) electrons. The number of carbonyl (C=O) groups excluding carboxylic acids is 2. The van der Waals surface area contributed by atoms with Gasteiger partial charge in [-0.05, 0) is 30.7 Å². The van der Waals surface area contributed by atoms with Crippen LogP contribution >= 0.6 is 0 Å². The number of nitrogens with zero attached hydrogens (tertiary/aromatic N) is 1. The summed E-state index contributed by atoms with van der Waals surface area (Å²) >= 11 is 0. The topological polar surface area (TPSA) is 83.5 Å². The van der Waals surface area contributed by atoms with Gasteiger partial charge in [0.05, 0.1) is 39.1 Å². The van der Waals surface area contributed by atoms with Crippen molar-refractivity contribution in [2.75, 3.05) is 47.6 Å². The molecule has 1 atom stereocenters. The summed E-state index contributed by atoms with van der Waals surface area (Å²) < 4.78 is 27.6. The number of rotatable bonds is 9. The lowest BCUT2D eigenvalue weighted by Gasteiger charge is -2.33. The molecule has 0 saturated carbocycles. The molecule has 1 heterocycles. The molecule has 8 nitrogen and oxygen atoms in total. The third-order valence-corrected chi connectivity index (χ3v) is 5.33. The van der Waals surface area contributed by atoms with E-state index in [0.717, 1.165) is 12.1 Å². The number of esters is 1. The fraction of sp³-hybridized carbons (Fsp3) is 0.417. The van der Waals surface area contributed by atoms with E-state index in [2.05, 4.69) is 4.90 Å². The third kappa shape index (κ3) is 5.38. The van der Waals surface area contributed by atoms with Crippen LogP contribution in [-0.2, 0) is 16.0 Å². The first-order chi connectivity index (χ1) is 15.5. The summed E-state index contributed by atoms with van der Waals surface area (Å²) in [4.78, 5) is 26.4. The molecule has 0 amide bonds. The first-order valence-electron chi connectivity index (χ1n) is 10.4. The first-order valence-corrected chi connectivity index (χ1v) is 10.4. The van der Waals surface area contributed by atoms with E-state index in [1.807, 2.05) is 18.2 Å². The molecule has 2 aromatic carbocycles. The number of ether oxygens (including phenoxy) is 5. The van der Waals surface area contributed by atoms with Crippen LogP contribution in [0.3, 0.4) is 0 Å². The Bertz CT molecular complexity index is 959. The number of morpholine rings is 1. The van der Waals surface area contributed by atoms with Crippen molar-refractivity contribution >= 4 is 11.8 Å². The zero-order chi connectivity index (χ0) is 23.1. The summed E-state index contributed by atoms with van der Waals surface area (Å²) in [6.45, 7) is 4.17. The average Bonchev–Trinajstić information content (AvgIpc) is 2.81. The van der Waals surface area contributed by atoms with Crippen LogP contribution in [0.1, 0.15) is 33.2 Å². The number of Topliss-reactive ketones (excluding diaryl/α,β-unsaturated/α-hetero) is 1. The third-order valence-electron chi connectivity index (χ3n) is 5.33. The SMILES string of the molecule is COC(=O)c1ccccc1CN1CCOC(COc2c(C(C)=O)ccc(OC)c2OC)C1. The van der Waals surface area contributed by atoms with Gasteiger partial charge in [-0.2, -0.15) is 0 Å². The van der Waals surface area contributed by atoms with Crippen molar-refractivity contribution in [3.05, 3.63) is 53.1 Å². The van der Waals surface area contributed by atoms with Crippen LogP contribution in [0.5, 0.6) is 17.2 Å². The Kier molecular flexibility index (Phi) is 8.08. The van der Waals surface area contributed by atoms with Crippen molar-refractivity contribution in [1.29, 1.82) is 0 Å². The maximum Gasteiger partial charge on any atom is 0.338 e. The highest BCUT2D eigenvalue weighted by molar-refractivity contribution is 5.98. The number of benzene rings is 2. The summed E-state index contributed by atoms with van der Waals surface area (Å²) in [5, 5.41) is 0. The van der Waals surface area contributed by atoms with Crippen molar-refractivity contribution in [3.8, 4) is 17.2 Å². The monoisotopic (exact) mass is 443 g/mol. The van der Waals surface area contributed by atoms with Gasteiger partial charge < -0.3 is 23.7 Å². The number of methoxy groups -OCH3 is 3. The van der Waals surface area contributed by atoms with Gasteiger partial charge in [0.25, 0.3) is 0 Å². The molecule has 172 valence electrons. The normalized spacial score (nSPS) is 16.3. The van der Waals surface area contributed by atoms with Crippen molar-refractivity contribution in [1.82, 2.24) is 4.90 Å². The second-order valence-electron chi connectivity index (χ2n) is 7.42. The lowest BCUT2D eigenvalue weighted by atomic mass is 10.1. The molecule has 1 aliphatic heterocycles. The van der Waals surface area contributed by atoms with E-state index in [0.29, 0.717) is 48.1 Å². The van der Waals surface area contributed by atoms with Crippen LogP contribution in [0.4, 0.5) is 0 Å². The fourth-order valence-corrected chi connectivity index (χ4v) is 3.73. The lowest BCUT2D eigenvalue weighted by Crippen LogP contribution is -2.44. The zero-order valence-electron chi connectivity index (χ0n) is 18.9. The Balaban J connectivity index is 1.71. The lowest BCUT2D eigenvalue weighted by molar-refractivity contribution is -0.0508. The molecule has 8 heteroatoms. The molecule has 1 aliphatic rings. The molecule has 0 spiro atoms. The van der Waals surface area contributed by atoms with Crippen molar-refractivity contribution < 1.29 is 33.3 Å². The van der Waals surface area contributed by atoms with E-state index in [1.165, 1.54) is 28.3 Å². The fourth-order valence-electron chi connectivity index (χ4n) is 3.73. The molecule has 2 aromatic rings. The standard InChI is InChI=1S/C24H29NO7/c1-16(26)19-9-10-21(28-2)23(29-3)22(19)32-15-18-14-25(11-12-31-18)13-17-7-5-6-8-20(17)24(27)30-4/h5-10,18H,11-15H2,1-4H3. The molecule has 1 fully saturated rings. The van der Waals surface area contributed by atoms with Gasteiger partial charge in [0.15, 0.2) is 17.3 Å². The molecule has 1 unspecified atom stereocenters. The van der Waals surface area contributed by atoms with Gasteiger partial charge in [0.2, 0.25) is 5.75 Å². The van der Waals surface area contributed by atoms with Gasteiger partial charge in [-0.15, -0.1) is 0 Å². The minimum absolute atomic E-state index is 0.133. The van der Waals surface area contributed by atoms with Gasteiger partial charge in [0, 0.05) is 19.6 Å².